The van der Waals surface area contributed by atoms with Crippen molar-refractivity contribution in [1.82, 2.24) is 5.32 Å². The van der Waals surface area contributed by atoms with Crippen LogP contribution in [0.25, 0.3) is 0 Å². The van der Waals surface area contributed by atoms with E-state index in [4.69, 9.17) is 0 Å². The summed E-state index contributed by atoms with van der Waals surface area (Å²) in [7, 11) is 0. The van der Waals surface area contributed by atoms with Crippen molar-refractivity contribution < 1.29 is 9.69 Å². The first-order chi connectivity index (χ1) is 11.2. The molecule has 0 bridgehead atoms. The maximum absolute atomic E-state index is 12.6. The van der Waals surface area contributed by atoms with Crippen molar-refractivity contribution in [3.05, 3.63) is 35.9 Å². The van der Waals surface area contributed by atoms with Gasteiger partial charge in [-0.15, -0.1) is 0 Å². The molecule has 1 saturated carbocycles. The van der Waals surface area contributed by atoms with Gasteiger partial charge in [-0.05, 0) is 44.6 Å². The van der Waals surface area contributed by atoms with Crippen LogP contribution in [-0.4, -0.2) is 31.6 Å². The van der Waals surface area contributed by atoms with E-state index >= 15 is 0 Å². The molecule has 3 nitrogen and oxygen atoms in total. The summed E-state index contributed by atoms with van der Waals surface area (Å²) >= 11 is 0. The summed E-state index contributed by atoms with van der Waals surface area (Å²) in [4.78, 5) is 14.1. The predicted octanol–water partition coefficient (Wildman–Crippen LogP) is 2.07. The third-order valence-corrected chi connectivity index (χ3v) is 6.05. The van der Waals surface area contributed by atoms with Crippen LogP contribution in [0, 0.1) is 0 Å². The van der Waals surface area contributed by atoms with Crippen molar-refractivity contribution in [2.24, 2.45) is 0 Å². The number of hydrogen-bond acceptors (Lipinski definition) is 1. The van der Waals surface area contributed by atoms with E-state index in [0.29, 0.717) is 0 Å². The van der Waals surface area contributed by atoms with Gasteiger partial charge >= 0.3 is 0 Å². The summed E-state index contributed by atoms with van der Waals surface area (Å²) in [6, 6.07) is 10.9. The average molecular weight is 315 g/mol. The molecule has 3 rings (SSSR count). The second-order valence-corrected chi connectivity index (χ2v) is 7.51. The Morgan fingerprint density at radius 1 is 1.09 bits per heavy atom. The summed E-state index contributed by atoms with van der Waals surface area (Å²) in [5.41, 5.74) is 1.56. The Hall–Kier alpha value is -1.35. The monoisotopic (exact) mass is 315 g/mol. The zero-order chi connectivity index (χ0) is 16.1. The Kier molecular flexibility index (Phi) is 5.37. The van der Waals surface area contributed by atoms with Gasteiger partial charge in [0.1, 0.15) is 0 Å². The Morgan fingerprint density at radius 2 is 1.74 bits per heavy atom. The molecule has 23 heavy (non-hydrogen) atoms. The minimum atomic E-state index is 0.0875. The zero-order valence-corrected chi connectivity index (χ0v) is 14.4. The van der Waals surface area contributed by atoms with Crippen molar-refractivity contribution in [3.8, 4) is 0 Å². The minimum Gasteiger partial charge on any atom is -0.350 e. The van der Waals surface area contributed by atoms with Gasteiger partial charge in [0.25, 0.3) is 5.91 Å². The number of rotatable bonds is 5. The second-order valence-electron chi connectivity index (χ2n) is 7.51. The molecule has 1 atom stereocenters. The van der Waals surface area contributed by atoms with Gasteiger partial charge in [-0.2, -0.15) is 0 Å². The minimum absolute atomic E-state index is 0.0875. The van der Waals surface area contributed by atoms with Crippen LogP contribution in [-0.2, 0) is 10.2 Å². The van der Waals surface area contributed by atoms with E-state index in [-0.39, 0.29) is 17.4 Å². The molecule has 0 aromatic heterocycles. The SMILES string of the molecule is C[C@H](C(=O)NCC1(c2ccccc2)CCCC1)[NH+]1CCCCC1. The highest BCUT2D eigenvalue weighted by atomic mass is 16.2. The van der Waals surface area contributed by atoms with Crippen LogP contribution in [0.2, 0.25) is 0 Å². The lowest BCUT2D eigenvalue weighted by Gasteiger charge is -2.32. The molecule has 1 aromatic rings. The number of benzene rings is 1. The van der Waals surface area contributed by atoms with E-state index in [0.717, 1.165) is 19.6 Å². The third-order valence-electron chi connectivity index (χ3n) is 6.05. The maximum atomic E-state index is 12.6. The van der Waals surface area contributed by atoms with E-state index in [9.17, 15) is 4.79 Å². The molecule has 0 unspecified atom stereocenters. The van der Waals surface area contributed by atoms with E-state index in [1.807, 2.05) is 0 Å². The number of piperidine rings is 1. The van der Waals surface area contributed by atoms with Crippen LogP contribution in [0.1, 0.15) is 57.4 Å². The quantitative estimate of drug-likeness (QED) is 0.857. The van der Waals surface area contributed by atoms with Crippen LogP contribution < -0.4 is 10.2 Å². The smallest absolute Gasteiger partial charge is 0.278 e. The van der Waals surface area contributed by atoms with Gasteiger partial charge in [0.05, 0.1) is 13.1 Å². The Bertz CT molecular complexity index is 502. The van der Waals surface area contributed by atoms with Crippen molar-refractivity contribution in [3.63, 3.8) is 0 Å². The van der Waals surface area contributed by atoms with Crippen molar-refractivity contribution in [2.45, 2.75) is 63.3 Å². The fourth-order valence-corrected chi connectivity index (χ4v) is 4.44. The molecule has 1 aliphatic carbocycles. The highest BCUT2D eigenvalue weighted by molar-refractivity contribution is 5.80. The molecule has 126 valence electrons. The first-order valence-electron chi connectivity index (χ1n) is 9.39. The molecule has 2 aliphatic rings. The predicted molar refractivity (Wildman–Crippen MR) is 93.6 cm³/mol. The van der Waals surface area contributed by atoms with Crippen LogP contribution >= 0.6 is 0 Å². The van der Waals surface area contributed by atoms with Gasteiger partial charge < -0.3 is 10.2 Å². The second kappa shape index (κ2) is 7.48. The van der Waals surface area contributed by atoms with Crippen molar-refractivity contribution >= 4 is 5.91 Å². The normalized spacial score (nSPS) is 22.7. The van der Waals surface area contributed by atoms with E-state index < -0.39 is 0 Å². The molecular weight excluding hydrogens is 284 g/mol. The number of carbonyl (C=O) groups excluding carboxylic acids is 1. The molecule has 0 spiro atoms. The topological polar surface area (TPSA) is 33.5 Å². The van der Waals surface area contributed by atoms with E-state index in [2.05, 4.69) is 42.6 Å². The number of carbonyl (C=O) groups is 1. The van der Waals surface area contributed by atoms with Crippen molar-refractivity contribution in [1.29, 1.82) is 0 Å². The van der Waals surface area contributed by atoms with Gasteiger partial charge in [0.2, 0.25) is 0 Å². The number of likely N-dealkylation sites (tertiary alicyclic amines) is 1. The zero-order valence-electron chi connectivity index (χ0n) is 14.4. The molecule has 3 heteroatoms. The summed E-state index contributed by atoms with van der Waals surface area (Å²) in [5, 5.41) is 3.30. The van der Waals surface area contributed by atoms with Gasteiger partial charge in [0, 0.05) is 12.0 Å². The van der Waals surface area contributed by atoms with Crippen LogP contribution in [0.3, 0.4) is 0 Å². The molecule has 0 radical (unpaired) electrons. The molecule has 1 saturated heterocycles. The van der Waals surface area contributed by atoms with E-state index in [1.165, 1.54) is 55.4 Å². The van der Waals surface area contributed by atoms with Crippen LogP contribution in [0.15, 0.2) is 30.3 Å². The average Bonchev–Trinajstić information content (AvgIpc) is 3.11. The highest BCUT2D eigenvalue weighted by Gasteiger charge is 2.37. The van der Waals surface area contributed by atoms with Crippen LogP contribution in [0.5, 0.6) is 0 Å². The number of quaternary nitrogens is 1. The van der Waals surface area contributed by atoms with Gasteiger partial charge in [-0.1, -0.05) is 43.2 Å². The molecule has 1 amide bonds. The molecule has 2 fully saturated rings. The molecule has 2 N–H and O–H groups in total. The first-order valence-corrected chi connectivity index (χ1v) is 9.39. The Balaban J connectivity index is 1.62. The van der Waals surface area contributed by atoms with E-state index in [1.54, 1.807) is 0 Å². The maximum Gasteiger partial charge on any atom is 0.278 e. The number of nitrogens with one attached hydrogen (secondary N) is 2. The standard InChI is InChI=1S/C20H30N2O/c1-17(22-14-8-3-9-15-22)19(23)21-16-20(12-6-7-13-20)18-10-4-2-5-11-18/h2,4-5,10-11,17H,3,6-9,12-16H2,1H3,(H,21,23)/p+1/t17-/m1/s1. The van der Waals surface area contributed by atoms with Crippen LogP contribution in [0.4, 0.5) is 0 Å². The van der Waals surface area contributed by atoms with Crippen molar-refractivity contribution in [2.75, 3.05) is 19.6 Å². The molecule has 1 heterocycles. The Labute approximate surface area is 140 Å². The van der Waals surface area contributed by atoms with Gasteiger partial charge in [-0.3, -0.25) is 4.79 Å². The fourth-order valence-electron chi connectivity index (χ4n) is 4.44. The molecular formula is C20H31N2O+. The number of hydrogen-bond donors (Lipinski definition) is 2. The lowest BCUT2D eigenvalue weighted by atomic mass is 9.79. The summed E-state index contributed by atoms with van der Waals surface area (Å²) in [5.74, 6) is 0.240. The molecule has 1 aromatic carbocycles. The highest BCUT2D eigenvalue weighted by Crippen LogP contribution is 2.40. The third kappa shape index (κ3) is 3.77. The molecule has 1 aliphatic heterocycles. The lowest BCUT2D eigenvalue weighted by molar-refractivity contribution is -0.918. The Morgan fingerprint density at radius 3 is 2.39 bits per heavy atom. The van der Waals surface area contributed by atoms with Gasteiger partial charge in [0.15, 0.2) is 6.04 Å². The van der Waals surface area contributed by atoms with Gasteiger partial charge in [-0.25, -0.2) is 0 Å². The first kappa shape index (κ1) is 16.5. The number of amides is 1. The largest absolute Gasteiger partial charge is 0.350 e. The lowest BCUT2D eigenvalue weighted by Crippen LogP contribution is -3.17. The summed E-state index contributed by atoms with van der Waals surface area (Å²) in [6.45, 7) is 5.20. The fraction of sp³-hybridized carbons (Fsp3) is 0.650. The summed E-state index contributed by atoms with van der Waals surface area (Å²) in [6.07, 6.45) is 8.80. The summed E-state index contributed by atoms with van der Waals surface area (Å²) < 4.78 is 0.